The van der Waals surface area contributed by atoms with E-state index in [1.807, 2.05) is 0 Å². The van der Waals surface area contributed by atoms with Crippen LogP contribution in [0.1, 0.15) is 11.3 Å². The van der Waals surface area contributed by atoms with E-state index >= 15 is 0 Å². The van der Waals surface area contributed by atoms with Crippen molar-refractivity contribution in [1.82, 2.24) is 4.98 Å². The summed E-state index contributed by atoms with van der Waals surface area (Å²) in [5.74, 6) is -0.464. The lowest BCUT2D eigenvalue weighted by molar-refractivity contribution is -0.117. The number of rotatable bonds is 1. The third-order valence-electron chi connectivity index (χ3n) is 3.19. The Hall–Kier alpha value is -2.21. The Morgan fingerprint density at radius 2 is 1.90 bits per heavy atom. The first kappa shape index (κ1) is 12.8. The van der Waals surface area contributed by atoms with Crippen LogP contribution in [0.25, 0.3) is 0 Å². The minimum absolute atomic E-state index is 0.0727. The van der Waals surface area contributed by atoms with E-state index in [0.29, 0.717) is 5.56 Å². The number of hydrogen-bond donors (Lipinski definition) is 0. The Morgan fingerprint density at radius 3 is 2.60 bits per heavy atom. The van der Waals surface area contributed by atoms with E-state index < -0.39 is 15.9 Å². The second-order valence-corrected chi connectivity index (χ2v) is 6.36. The van der Waals surface area contributed by atoms with Gasteiger partial charge in [0.2, 0.25) is 5.91 Å². The van der Waals surface area contributed by atoms with Crippen molar-refractivity contribution >= 4 is 21.6 Å². The van der Waals surface area contributed by atoms with Crippen molar-refractivity contribution in [2.45, 2.75) is 18.2 Å². The summed E-state index contributed by atoms with van der Waals surface area (Å²) in [5, 5.41) is 0. The van der Waals surface area contributed by atoms with Crippen molar-refractivity contribution in [3.8, 4) is 0 Å². The van der Waals surface area contributed by atoms with Crippen LogP contribution in [0.3, 0.4) is 0 Å². The predicted octanol–water partition coefficient (Wildman–Crippen LogP) is 1.67. The van der Waals surface area contributed by atoms with Crippen LogP contribution in [0.5, 0.6) is 0 Å². The van der Waals surface area contributed by atoms with Gasteiger partial charge in [0.1, 0.15) is 0 Å². The molecule has 1 aromatic carbocycles. The molecule has 20 heavy (non-hydrogen) atoms. The summed E-state index contributed by atoms with van der Waals surface area (Å²) >= 11 is 0. The molecule has 0 saturated heterocycles. The molecule has 0 radical (unpaired) electrons. The first-order valence-corrected chi connectivity index (χ1v) is 7.53. The van der Waals surface area contributed by atoms with Crippen LogP contribution < -0.4 is 4.31 Å². The smallest absolute Gasteiger partial charge is 0.271 e. The fraction of sp³-hybridized carbons (Fsp3) is 0.143. The molecule has 0 saturated carbocycles. The summed E-state index contributed by atoms with van der Waals surface area (Å²) in [6, 6.07) is 9.83. The summed E-state index contributed by atoms with van der Waals surface area (Å²) in [6.45, 7) is 1.80. The molecule has 0 atom stereocenters. The van der Waals surface area contributed by atoms with E-state index in [1.165, 1.54) is 12.3 Å². The number of pyridine rings is 1. The van der Waals surface area contributed by atoms with Gasteiger partial charge in [-0.1, -0.05) is 18.2 Å². The standard InChI is InChI=1S/C14H12N2O3S/c1-10-6-7-12(9-15-10)16-14(17)8-11-4-2-3-5-13(11)20(16,18)19/h2-7,9H,8H2,1H3. The van der Waals surface area contributed by atoms with E-state index in [9.17, 15) is 13.2 Å². The molecule has 1 aromatic heterocycles. The third kappa shape index (κ3) is 1.89. The Balaban J connectivity index is 2.18. The topological polar surface area (TPSA) is 67.3 Å². The summed E-state index contributed by atoms with van der Waals surface area (Å²) in [5.41, 5.74) is 1.57. The second kappa shape index (κ2) is 4.42. The van der Waals surface area contributed by atoms with Crippen LogP contribution in [0.15, 0.2) is 47.5 Å². The normalized spacial score (nSPS) is 16.9. The lowest BCUT2D eigenvalue weighted by Gasteiger charge is -2.27. The lowest BCUT2D eigenvalue weighted by Crippen LogP contribution is -2.42. The minimum atomic E-state index is -3.85. The Bertz CT molecular complexity index is 782. The van der Waals surface area contributed by atoms with Crippen LogP contribution >= 0.6 is 0 Å². The van der Waals surface area contributed by atoms with Crippen LogP contribution in [-0.4, -0.2) is 19.3 Å². The molecular formula is C14H12N2O3S. The Labute approximate surface area is 116 Å². The number of aromatic nitrogens is 1. The van der Waals surface area contributed by atoms with Crippen molar-refractivity contribution in [1.29, 1.82) is 0 Å². The number of anilines is 1. The van der Waals surface area contributed by atoms with E-state index in [1.54, 1.807) is 37.3 Å². The van der Waals surface area contributed by atoms with Crippen molar-refractivity contribution in [2.24, 2.45) is 0 Å². The third-order valence-corrected chi connectivity index (χ3v) is 5.04. The number of aryl methyl sites for hydroxylation is 1. The molecule has 2 heterocycles. The zero-order valence-corrected chi connectivity index (χ0v) is 11.6. The highest BCUT2D eigenvalue weighted by atomic mass is 32.2. The van der Waals surface area contributed by atoms with Crippen LogP contribution in [0.2, 0.25) is 0 Å². The largest absolute Gasteiger partial charge is 0.273 e. The van der Waals surface area contributed by atoms with Crippen molar-refractivity contribution in [3.63, 3.8) is 0 Å². The molecule has 1 aliphatic rings. The van der Waals surface area contributed by atoms with Gasteiger partial charge in [-0.15, -0.1) is 0 Å². The number of sulfonamides is 1. The van der Waals surface area contributed by atoms with Gasteiger partial charge in [0.25, 0.3) is 10.0 Å². The molecule has 0 bridgehead atoms. The number of amides is 1. The van der Waals surface area contributed by atoms with Crippen LogP contribution in [0, 0.1) is 6.92 Å². The Morgan fingerprint density at radius 1 is 1.15 bits per heavy atom. The zero-order valence-electron chi connectivity index (χ0n) is 10.8. The quantitative estimate of drug-likeness (QED) is 0.800. The number of carbonyl (C=O) groups excluding carboxylic acids is 1. The van der Waals surface area contributed by atoms with Gasteiger partial charge in [-0.2, -0.15) is 0 Å². The van der Waals surface area contributed by atoms with Crippen molar-refractivity contribution in [2.75, 3.05) is 4.31 Å². The highest BCUT2D eigenvalue weighted by molar-refractivity contribution is 7.93. The predicted molar refractivity (Wildman–Crippen MR) is 73.8 cm³/mol. The van der Waals surface area contributed by atoms with Crippen LogP contribution in [0.4, 0.5) is 5.69 Å². The zero-order chi connectivity index (χ0) is 14.3. The lowest BCUT2D eigenvalue weighted by atomic mass is 10.1. The molecule has 0 spiro atoms. The Kier molecular flexibility index (Phi) is 2.83. The highest BCUT2D eigenvalue weighted by Gasteiger charge is 2.37. The molecule has 2 aromatic rings. The maximum atomic E-state index is 12.6. The van der Waals surface area contributed by atoms with Gasteiger partial charge in [0.05, 0.1) is 23.2 Å². The molecule has 0 fully saturated rings. The van der Waals surface area contributed by atoms with Gasteiger partial charge in [0.15, 0.2) is 0 Å². The van der Waals surface area contributed by atoms with Crippen molar-refractivity contribution in [3.05, 3.63) is 53.9 Å². The minimum Gasteiger partial charge on any atom is -0.273 e. The fourth-order valence-electron chi connectivity index (χ4n) is 2.23. The molecule has 1 amide bonds. The summed E-state index contributed by atoms with van der Waals surface area (Å²) in [7, 11) is -3.85. The maximum absolute atomic E-state index is 12.6. The molecule has 0 unspecified atom stereocenters. The highest BCUT2D eigenvalue weighted by Crippen LogP contribution is 2.30. The van der Waals surface area contributed by atoms with Gasteiger partial charge in [-0.05, 0) is 30.7 Å². The average molecular weight is 288 g/mol. The average Bonchev–Trinajstić information content (AvgIpc) is 2.40. The molecule has 1 aliphatic heterocycles. The summed E-state index contributed by atoms with van der Waals surface area (Å²) in [4.78, 5) is 16.4. The van der Waals surface area contributed by atoms with E-state index in [2.05, 4.69) is 4.98 Å². The van der Waals surface area contributed by atoms with E-state index in [-0.39, 0.29) is 17.0 Å². The summed E-state index contributed by atoms with van der Waals surface area (Å²) < 4.78 is 26.0. The molecule has 3 rings (SSSR count). The van der Waals surface area contributed by atoms with Gasteiger partial charge in [0, 0.05) is 5.69 Å². The number of fused-ring (bicyclic) bond motifs is 1. The molecule has 5 nitrogen and oxygen atoms in total. The number of hydrogen-bond acceptors (Lipinski definition) is 4. The van der Waals surface area contributed by atoms with E-state index in [0.717, 1.165) is 10.00 Å². The summed E-state index contributed by atoms with van der Waals surface area (Å²) in [6.07, 6.45) is 1.47. The van der Waals surface area contributed by atoms with Gasteiger partial charge >= 0.3 is 0 Å². The molecular weight excluding hydrogens is 276 g/mol. The SMILES string of the molecule is Cc1ccc(N2C(=O)Cc3ccccc3S2(=O)=O)cn1. The molecule has 0 N–H and O–H groups in total. The number of carbonyl (C=O) groups is 1. The maximum Gasteiger partial charge on any atom is 0.271 e. The van der Waals surface area contributed by atoms with Gasteiger partial charge in [-0.25, -0.2) is 12.7 Å². The van der Waals surface area contributed by atoms with Crippen molar-refractivity contribution < 1.29 is 13.2 Å². The first-order valence-electron chi connectivity index (χ1n) is 6.09. The van der Waals surface area contributed by atoms with Gasteiger partial charge < -0.3 is 0 Å². The monoisotopic (exact) mass is 288 g/mol. The van der Waals surface area contributed by atoms with Gasteiger partial charge in [-0.3, -0.25) is 9.78 Å². The van der Waals surface area contributed by atoms with E-state index in [4.69, 9.17) is 0 Å². The van der Waals surface area contributed by atoms with Crippen LogP contribution in [-0.2, 0) is 21.2 Å². The molecule has 6 heteroatoms. The first-order chi connectivity index (χ1) is 9.50. The molecule has 0 aliphatic carbocycles. The molecule has 102 valence electrons. The number of nitrogens with zero attached hydrogens (tertiary/aromatic N) is 2. The fourth-order valence-corrected chi connectivity index (χ4v) is 3.87. The number of benzene rings is 1. The second-order valence-electron chi connectivity index (χ2n) is 4.61.